The summed E-state index contributed by atoms with van der Waals surface area (Å²) >= 11 is 6.45. The van der Waals surface area contributed by atoms with Crippen LogP contribution in [-0.4, -0.2) is 47.1 Å². The van der Waals surface area contributed by atoms with Crippen molar-refractivity contribution in [3.05, 3.63) is 70.6 Å². The third-order valence-electron chi connectivity index (χ3n) is 6.52. The van der Waals surface area contributed by atoms with E-state index in [1.54, 1.807) is 29.3 Å². The molecule has 0 spiro atoms. The van der Waals surface area contributed by atoms with Crippen LogP contribution in [0.2, 0.25) is 5.02 Å². The molecule has 4 heterocycles. The number of hydrogen-bond donors (Lipinski definition) is 2. The van der Waals surface area contributed by atoms with Gasteiger partial charge in [0, 0.05) is 47.7 Å². The Kier molecular flexibility index (Phi) is 6.53. The van der Waals surface area contributed by atoms with Gasteiger partial charge in [-0.3, -0.25) is 0 Å². The highest BCUT2D eigenvalue weighted by Crippen LogP contribution is 2.44. The van der Waals surface area contributed by atoms with E-state index in [0.717, 1.165) is 18.4 Å². The summed E-state index contributed by atoms with van der Waals surface area (Å²) in [4.78, 5) is 22.8. The first-order valence-electron chi connectivity index (χ1n) is 11.4. The number of benzene rings is 1. The Bertz CT molecular complexity index is 1260. The molecule has 182 valence electrons. The van der Waals surface area contributed by atoms with Crippen LogP contribution in [-0.2, 0) is 6.42 Å². The fourth-order valence-corrected chi connectivity index (χ4v) is 5.13. The lowest BCUT2D eigenvalue weighted by Crippen LogP contribution is -2.44. The predicted octanol–water partition coefficient (Wildman–Crippen LogP) is 4.97. The number of carbonyl (C=O) groups is 1. The Morgan fingerprint density at radius 2 is 2.09 bits per heavy atom. The number of urea groups is 1. The molecule has 1 unspecified atom stereocenters. The van der Waals surface area contributed by atoms with Crippen LogP contribution in [0.15, 0.2) is 42.7 Å². The van der Waals surface area contributed by atoms with Crippen LogP contribution in [0.25, 0.3) is 11.1 Å². The Morgan fingerprint density at radius 1 is 1.23 bits per heavy atom. The maximum Gasteiger partial charge on any atom is 0.322 e. The van der Waals surface area contributed by atoms with Gasteiger partial charge in [-0.15, -0.1) is 0 Å². The van der Waals surface area contributed by atoms with Gasteiger partial charge in [-0.05, 0) is 56.1 Å². The second-order valence-electron chi connectivity index (χ2n) is 8.61. The number of aromatic nitrogens is 2. The van der Waals surface area contributed by atoms with Crippen molar-refractivity contribution in [1.82, 2.24) is 20.2 Å². The highest BCUT2D eigenvalue weighted by Gasteiger charge is 2.43. The van der Waals surface area contributed by atoms with E-state index in [4.69, 9.17) is 16.3 Å². The topological polar surface area (TPSA) is 79.4 Å². The number of fused-ring (bicyclic) bond motifs is 4. The van der Waals surface area contributed by atoms with Crippen molar-refractivity contribution in [2.24, 2.45) is 0 Å². The van der Waals surface area contributed by atoms with Gasteiger partial charge in [0.2, 0.25) is 11.8 Å². The molecule has 35 heavy (non-hydrogen) atoms. The first-order valence-corrected chi connectivity index (χ1v) is 11.8. The normalized spacial score (nSPS) is 18.3. The molecule has 0 radical (unpaired) electrons. The van der Waals surface area contributed by atoms with Crippen LogP contribution in [0.1, 0.15) is 30.0 Å². The summed E-state index contributed by atoms with van der Waals surface area (Å²) in [5.41, 5.74) is 2.38. The number of carbonyl (C=O) groups excluding carboxylic acids is 1. The summed E-state index contributed by atoms with van der Waals surface area (Å²) in [6.45, 7) is 1.16. The largest absolute Gasteiger partial charge is 0.476 e. The molecule has 2 N–H and O–H groups in total. The minimum atomic E-state index is -0.618. The Balaban J connectivity index is 1.33. The van der Waals surface area contributed by atoms with E-state index < -0.39 is 17.8 Å². The van der Waals surface area contributed by atoms with Crippen molar-refractivity contribution in [3.63, 3.8) is 0 Å². The van der Waals surface area contributed by atoms with Crippen molar-refractivity contribution in [1.29, 1.82) is 0 Å². The summed E-state index contributed by atoms with van der Waals surface area (Å²) in [6.07, 6.45) is 4.83. The van der Waals surface area contributed by atoms with Gasteiger partial charge in [0.15, 0.2) is 0 Å². The van der Waals surface area contributed by atoms with Gasteiger partial charge in [0.1, 0.15) is 12.4 Å². The lowest BCUT2D eigenvalue weighted by atomic mass is 9.95. The van der Waals surface area contributed by atoms with Crippen molar-refractivity contribution in [3.8, 4) is 17.0 Å². The van der Waals surface area contributed by atoms with Gasteiger partial charge < -0.3 is 20.3 Å². The molecule has 7 nitrogen and oxygen atoms in total. The van der Waals surface area contributed by atoms with Gasteiger partial charge in [-0.1, -0.05) is 11.6 Å². The fourth-order valence-electron chi connectivity index (χ4n) is 4.85. The minimum absolute atomic E-state index is 0.0187. The zero-order valence-corrected chi connectivity index (χ0v) is 19.8. The number of halogens is 3. The number of amides is 2. The summed E-state index contributed by atoms with van der Waals surface area (Å²) in [5.74, 6) is -0.648. The number of nitrogens with one attached hydrogen (secondary N) is 2. The van der Waals surface area contributed by atoms with Crippen molar-refractivity contribution in [2.45, 2.75) is 31.3 Å². The van der Waals surface area contributed by atoms with E-state index in [-0.39, 0.29) is 22.8 Å². The summed E-state index contributed by atoms with van der Waals surface area (Å²) < 4.78 is 34.7. The highest BCUT2D eigenvalue weighted by atomic mass is 35.5. The quantitative estimate of drug-likeness (QED) is 0.370. The van der Waals surface area contributed by atoms with Crippen LogP contribution in [0.4, 0.5) is 19.3 Å². The molecule has 2 amide bonds. The molecule has 2 aliphatic heterocycles. The molecule has 10 heteroatoms. The number of likely N-dealkylation sites (N-methyl/N-ethyl adjacent to an activating group) is 1. The van der Waals surface area contributed by atoms with E-state index in [2.05, 4.69) is 20.6 Å². The third kappa shape index (κ3) is 4.53. The second-order valence-corrected chi connectivity index (χ2v) is 9.01. The van der Waals surface area contributed by atoms with Crippen LogP contribution in [0.3, 0.4) is 0 Å². The van der Waals surface area contributed by atoms with Crippen molar-refractivity contribution < 1.29 is 18.3 Å². The first-order chi connectivity index (χ1) is 17.0. The zero-order valence-electron chi connectivity index (χ0n) is 19.0. The average Bonchev–Trinajstić information content (AvgIpc) is 3.17. The summed E-state index contributed by atoms with van der Waals surface area (Å²) in [5, 5.41) is 5.91. The van der Waals surface area contributed by atoms with Crippen molar-refractivity contribution >= 4 is 23.3 Å². The molecular weight excluding hydrogens is 476 g/mol. The Morgan fingerprint density at radius 3 is 2.86 bits per heavy atom. The summed E-state index contributed by atoms with van der Waals surface area (Å²) in [7, 11) is 1.83. The molecule has 1 saturated heterocycles. The number of anilines is 1. The number of pyridine rings is 2. The average molecular weight is 500 g/mol. The van der Waals surface area contributed by atoms with Crippen molar-refractivity contribution in [2.75, 3.05) is 25.5 Å². The van der Waals surface area contributed by atoms with Gasteiger partial charge in [-0.2, -0.15) is 4.39 Å². The number of rotatable bonds is 6. The second kappa shape index (κ2) is 9.75. The Hall–Kier alpha value is -3.30. The number of nitrogens with zero attached hydrogens (tertiary/aromatic N) is 3. The van der Waals surface area contributed by atoms with E-state index in [1.165, 1.54) is 18.3 Å². The molecule has 2 atom stereocenters. The number of ether oxygens (including phenoxy) is 1. The lowest BCUT2D eigenvalue weighted by Gasteiger charge is -2.36. The van der Waals surface area contributed by atoms with E-state index >= 15 is 4.39 Å². The van der Waals surface area contributed by atoms with E-state index in [0.29, 0.717) is 42.1 Å². The zero-order chi connectivity index (χ0) is 24.5. The lowest BCUT2D eigenvalue weighted by molar-refractivity contribution is 0.178. The fraction of sp³-hybridized carbons (Fsp3) is 0.320. The first kappa shape index (κ1) is 23.4. The Labute approximate surface area is 206 Å². The molecule has 0 aliphatic carbocycles. The van der Waals surface area contributed by atoms with Crippen LogP contribution in [0.5, 0.6) is 5.88 Å². The highest BCUT2D eigenvalue weighted by molar-refractivity contribution is 6.33. The third-order valence-corrected chi connectivity index (χ3v) is 6.84. The van der Waals surface area contributed by atoms with E-state index in [1.807, 2.05) is 7.05 Å². The van der Waals surface area contributed by atoms with Gasteiger partial charge >= 0.3 is 6.03 Å². The maximum atomic E-state index is 15.0. The molecule has 2 aromatic heterocycles. The molecular formula is C25H24ClF2N5O2. The van der Waals surface area contributed by atoms with Gasteiger partial charge in [0.05, 0.1) is 16.8 Å². The van der Waals surface area contributed by atoms with Crippen LogP contribution < -0.4 is 15.4 Å². The monoisotopic (exact) mass is 499 g/mol. The van der Waals surface area contributed by atoms with Crippen LogP contribution in [0, 0.1) is 11.8 Å². The minimum Gasteiger partial charge on any atom is -0.476 e. The van der Waals surface area contributed by atoms with Gasteiger partial charge in [0.25, 0.3) is 0 Å². The smallest absolute Gasteiger partial charge is 0.322 e. The molecule has 1 aromatic carbocycles. The standard InChI is InChI=1S/C25H24ClF2N5O2/c1-29-8-9-35-23-5-2-14(13-31-23)17-11-20(27)21(12-19(17)26)32-25(34)33-15-3-4-22(33)16-6-7-30-24(28)18(16)10-15/h2,5-7,11-13,15,22,29H,3-4,8-10H2,1H3,(H,32,34)/t15-,22?/m0/s1. The SMILES string of the molecule is CNCCOc1ccc(-c2cc(F)c(NC(=O)N3C4CC[C@H]3Cc3c4ccnc3F)cc2Cl)cn1. The number of hydrogen-bond acceptors (Lipinski definition) is 5. The van der Waals surface area contributed by atoms with Gasteiger partial charge in [-0.25, -0.2) is 19.2 Å². The summed E-state index contributed by atoms with van der Waals surface area (Å²) in [6, 6.07) is 7.00. The maximum absolute atomic E-state index is 15.0. The molecule has 1 fully saturated rings. The molecule has 2 bridgehead atoms. The molecule has 3 aromatic rings. The molecule has 2 aliphatic rings. The molecule has 5 rings (SSSR count). The predicted molar refractivity (Wildman–Crippen MR) is 129 cm³/mol. The van der Waals surface area contributed by atoms with Crippen LogP contribution >= 0.6 is 11.6 Å². The molecule has 0 saturated carbocycles. The van der Waals surface area contributed by atoms with E-state index in [9.17, 15) is 9.18 Å².